The van der Waals surface area contributed by atoms with Crippen molar-refractivity contribution in [1.82, 2.24) is 9.88 Å². The second-order valence-corrected chi connectivity index (χ2v) is 7.81. The van der Waals surface area contributed by atoms with Crippen molar-refractivity contribution in [3.8, 4) is 5.75 Å². The van der Waals surface area contributed by atoms with Crippen LogP contribution in [0, 0.1) is 0 Å². The van der Waals surface area contributed by atoms with Crippen molar-refractivity contribution >= 4 is 5.82 Å². The summed E-state index contributed by atoms with van der Waals surface area (Å²) in [7, 11) is 0. The van der Waals surface area contributed by atoms with Gasteiger partial charge in [-0.1, -0.05) is 12.1 Å². The Morgan fingerprint density at radius 1 is 1.04 bits per heavy atom. The van der Waals surface area contributed by atoms with E-state index in [9.17, 15) is 18.3 Å². The van der Waals surface area contributed by atoms with Gasteiger partial charge in [0, 0.05) is 31.4 Å². The summed E-state index contributed by atoms with van der Waals surface area (Å²) in [6.45, 7) is 3.42. The number of benzene rings is 1. The molecule has 7 heteroatoms. The predicted molar refractivity (Wildman–Crippen MR) is 101 cm³/mol. The monoisotopic (exact) mass is 391 g/mol. The summed E-state index contributed by atoms with van der Waals surface area (Å²) in [6.07, 6.45) is 0.789. The van der Waals surface area contributed by atoms with E-state index < -0.39 is 11.7 Å². The molecule has 2 aliphatic rings. The molecule has 1 aromatic heterocycles. The molecule has 2 fully saturated rings. The summed E-state index contributed by atoms with van der Waals surface area (Å²) in [5.41, 5.74) is 0.527. The Bertz CT molecular complexity index is 814. The lowest BCUT2D eigenvalue weighted by molar-refractivity contribution is -0.137. The van der Waals surface area contributed by atoms with E-state index in [4.69, 9.17) is 0 Å². The highest BCUT2D eigenvalue weighted by atomic mass is 19.4. The number of pyridine rings is 1. The molecule has 0 bridgehead atoms. The van der Waals surface area contributed by atoms with E-state index in [-0.39, 0.29) is 11.3 Å². The number of phenolic OH excluding ortho intramolecular Hbond substituents is 1. The van der Waals surface area contributed by atoms with Crippen LogP contribution in [0.25, 0.3) is 0 Å². The van der Waals surface area contributed by atoms with Crippen LogP contribution in [-0.2, 0) is 12.7 Å². The second-order valence-electron chi connectivity index (χ2n) is 7.81. The van der Waals surface area contributed by atoms with Crippen LogP contribution in [0.15, 0.2) is 42.6 Å². The summed E-state index contributed by atoms with van der Waals surface area (Å²) in [5, 5.41) is 9.72. The molecule has 4 rings (SSSR count). The van der Waals surface area contributed by atoms with Crippen molar-refractivity contribution < 1.29 is 18.3 Å². The number of phenols is 1. The molecular weight excluding hydrogens is 367 g/mol. The van der Waals surface area contributed by atoms with E-state index in [0.29, 0.717) is 5.82 Å². The smallest absolute Gasteiger partial charge is 0.417 e. The SMILES string of the molecule is Oc1cccc(CN2CCCC23CCN(c2ccc(C(F)(F)F)cn2)CC3)c1. The zero-order chi connectivity index (χ0) is 19.8. The van der Waals surface area contributed by atoms with Gasteiger partial charge in [0.15, 0.2) is 0 Å². The maximum atomic E-state index is 12.7. The lowest BCUT2D eigenvalue weighted by atomic mass is 9.84. The third-order valence-electron chi connectivity index (χ3n) is 6.12. The minimum atomic E-state index is -4.35. The van der Waals surface area contributed by atoms with Gasteiger partial charge >= 0.3 is 6.18 Å². The molecule has 0 amide bonds. The van der Waals surface area contributed by atoms with Gasteiger partial charge in [-0.3, -0.25) is 4.90 Å². The largest absolute Gasteiger partial charge is 0.508 e. The first kappa shape index (κ1) is 19.1. The van der Waals surface area contributed by atoms with Crippen molar-refractivity contribution in [2.45, 2.75) is 43.9 Å². The highest BCUT2D eigenvalue weighted by Crippen LogP contribution is 2.40. The number of halogens is 3. The molecule has 28 heavy (non-hydrogen) atoms. The third kappa shape index (κ3) is 3.81. The Labute approximate surface area is 162 Å². The number of rotatable bonds is 3. The predicted octanol–water partition coefficient (Wildman–Crippen LogP) is 4.44. The van der Waals surface area contributed by atoms with Gasteiger partial charge in [-0.05, 0) is 62.1 Å². The number of likely N-dealkylation sites (tertiary alicyclic amines) is 1. The highest BCUT2D eigenvalue weighted by molar-refractivity contribution is 5.41. The zero-order valence-corrected chi connectivity index (χ0v) is 15.6. The fraction of sp³-hybridized carbons (Fsp3) is 0.476. The van der Waals surface area contributed by atoms with Crippen molar-refractivity contribution in [3.05, 3.63) is 53.7 Å². The summed E-state index contributed by atoms with van der Waals surface area (Å²) in [5.74, 6) is 0.898. The average Bonchev–Trinajstić information content (AvgIpc) is 3.04. The van der Waals surface area contributed by atoms with E-state index >= 15 is 0 Å². The summed E-state index contributed by atoms with van der Waals surface area (Å²) in [4.78, 5) is 8.64. The molecule has 1 aromatic carbocycles. The molecule has 4 nitrogen and oxygen atoms in total. The lowest BCUT2D eigenvalue weighted by Crippen LogP contribution is -2.52. The van der Waals surface area contributed by atoms with Crippen LogP contribution in [0.2, 0.25) is 0 Å². The van der Waals surface area contributed by atoms with E-state index in [2.05, 4.69) is 14.8 Å². The zero-order valence-electron chi connectivity index (χ0n) is 15.6. The first-order valence-corrected chi connectivity index (χ1v) is 9.67. The molecule has 0 aliphatic carbocycles. The van der Waals surface area contributed by atoms with Gasteiger partial charge < -0.3 is 10.0 Å². The number of alkyl halides is 3. The van der Waals surface area contributed by atoms with Gasteiger partial charge in [-0.2, -0.15) is 13.2 Å². The quantitative estimate of drug-likeness (QED) is 0.840. The lowest BCUT2D eigenvalue weighted by Gasteiger charge is -2.45. The molecule has 2 saturated heterocycles. The van der Waals surface area contributed by atoms with Gasteiger partial charge in [0.25, 0.3) is 0 Å². The van der Waals surface area contributed by atoms with E-state index in [1.807, 2.05) is 18.2 Å². The first-order valence-electron chi connectivity index (χ1n) is 9.67. The maximum absolute atomic E-state index is 12.7. The molecule has 0 unspecified atom stereocenters. The average molecular weight is 391 g/mol. The molecule has 1 N–H and O–H groups in total. The normalized spacial score (nSPS) is 20.0. The molecule has 0 radical (unpaired) electrons. The second kappa shape index (κ2) is 7.28. The van der Waals surface area contributed by atoms with Crippen molar-refractivity contribution in [1.29, 1.82) is 0 Å². The molecule has 0 saturated carbocycles. The van der Waals surface area contributed by atoms with Gasteiger partial charge in [-0.25, -0.2) is 4.98 Å². The molecule has 0 atom stereocenters. The fourth-order valence-corrected chi connectivity index (χ4v) is 4.58. The molecule has 2 aromatic rings. The standard InChI is InChI=1S/C21H24F3N3O/c22-21(23,24)17-5-6-19(25-14-17)26-11-8-20(9-12-26)7-2-10-27(20)15-16-3-1-4-18(28)13-16/h1,3-6,13-14,28H,2,7-12,15H2. The van der Waals surface area contributed by atoms with Crippen molar-refractivity contribution in [2.24, 2.45) is 0 Å². The van der Waals surface area contributed by atoms with Gasteiger partial charge in [0.2, 0.25) is 0 Å². The number of aromatic nitrogens is 1. The van der Waals surface area contributed by atoms with Crippen LogP contribution < -0.4 is 4.90 Å². The molecule has 1 spiro atoms. The van der Waals surface area contributed by atoms with Crippen LogP contribution in [0.3, 0.4) is 0 Å². The molecule has 150 valence electrons. The Morgan fingerprint density at radius 2 is 1.82 bits per heavy atom. The Morgan fingerprint density at radius 3 is 2.46 bits per heavy atom. The van der Waals surface area contributed by atoms with Gasteiger partial charge in [0.05, 0.1) is 5.56 Å². The van der Waals surface area contributed by atoms with E-state index in [1.54, 1.807) is 6.07 Å². The van der Waals surface area contributed by atoms with E-state index in [1.165, 1.54) is 6.07 Å². The van der Waals surface area contributed by atoms with Crippen molar-refractivity contribution in [2.75, 3.05) is 24.5 Å². The van der Waals surface area contributed by atoms with Crippen LogP contribution in [0.1, 0.15) is 36.8 Å². The van der Waals surface area contributed by atoms with Crippen LogP contribution in [-0.4, -0.2) is 40.2 Å². The topological polar surface area (TPSA) is 39.6 Å². The minimum absolute atomic E-state index is 0.133. The Kier molecular flexibility index (Phi) is 4.95. The fourth-order valence-electron chi connectivity index (χ4n) is 4.58. The Balaban J connectivity index is 1.42. The molecule has 3 heterocycles. The van der Waals surface area contributed by atoms with Gasteiger partial charge in [-0.15, -0.1) is 0 Å². The van der Waals surface area contributed by atoms with Crippen LogP contribution in [0.4, 0.5) is 19.0 Å². The number of piperidine rings is 1. The maximum Gasteiger partial charge on any atom is 0.417 e. The van der Waals surface area contributed by atoms with Gasteiger partial charge in [0.1, 0.15) is 11.6 Å². The molecule has 2 aliphatic heterocycles. The minimum Gasteiger partial charge on any atom is -0.508 e. The number of aromatic hydroxyl groups is 1. The summed E-state index contributed by atoms with van der Waals surface area (Å²) in [6, 6.07) is 9.97. The number of anilines is 1. The number of hydrogen-bond donors (Lipinski definition) is 1. The third-order valence-corrected chi connectivity index (χ3v) is 6.12. The highest BCUT2D eigenvalue weighted by Gasteiger charge is 2.43. The summed E-state index contributed by atoms with van der Waals surface area (Å²) < 4.78 is 38.2. The van der Waals surface area contributed by atoms with Crippen molar-refractivity contribution in [3.63, 3.8) is 0 Å². The van der Waals surface area contributed by atoms with Crippen LogP contribution >= 0.6 is 0 Å². The number of nitrogens with zero attached hydrogens (tertiary/aromatic N) is 3. The first-order chi connectivity index (χ1) is 13.4. The van der Waals surface area contributed by atoms with E-state index in [0.717, 1.165) is 69.7 Å². The number of hydrogen-bond acceptors (Lipinski definition) is 4. The summed E-state index contributed by atoms with van der Waals surface area (Å²) >= 11 is 0. The Hall–Kier alpha value is -2.28. The molecular formula is C21H24F3N3O. The van der Waals surface area contributed by atoms with Crippen LogP contribution in [0.5, 0.6) is 5.75 Å².